The third-order valence-electron chi connectivity index (χ3n) is 3.33. The topological polar surface area (TPSA) is 35.6 Å². The summed E-state index contributed by atoms with van der Waals surface area (Å²) in [5, 5.41) is 3.67. The molecule has 0 aliphatic carbocycles. The van der Waals surface area contributed by atoms with Crippen molar-refractivity contribution < 1.29 is 4.79 Å². The molecule has 0 bridgehead atoms. The first-order chi connectivity index (χ1) is 9.72. The lowest BCUT2D eigenvalue weighted by Crippen LogP contribution is -2.51. The number of para-hydroxylation sites is 1. The Hall–Kier alpha value is -1.70. The van der Waals surface area contributed by atoms with E-state index in [1.54, 1.807) is 0 Å². The molecule has 0 saturated carbocycles. The van der Waals surface area contributed by atoms with Crippen LogP contribution >= 0.6 is 11.6 Å². The molecule has 106 valence electrons. The lowest BCUT2D eigenvalue weighted by atomic mass is 10.2. The van der Waals surface area contributed by atoms with E-state index >= 15 is 0 Å². The van der Waals surface area contributed by atoms with E-state index in [2.05, 4.69) is 16.1 Å². The number of halogens is 1. The Morgan fingerprint density at radius 1 is 1.30 bits per heavy atom. The Bertz CT molecular complexity index is 504. The number of benzene rings is 1. The molecular weight excluding hydrogens is 274 g/mol. The molecule has 5 heteroatoms. The maximum Gasteiger partial charge on any atom is 0.236 e. The van der Waals surface area contributed by atoms with Gasteiger partial charge in [0.15, 0.2) is 0 Å². The van der Waals surface area contributed by atoms with E-state index in [0.717, 1.165) is 23.8 Å². The van der Waals surface area contributed by atoms with Crippen LogP contribution in [0.2, 0.25) is 5.02 Å². The van der Waals surface area contributed by atoms with E-state index in [9.17, 15) is 4.79 Å². The molecule has 0 spiro atoms. The Kier molecular flexibility index (Phi) is 5.28. The summed E-state index contributed by atoms with van der Waals surface area (Å²) in [4.78, 5) is 16.0. The van der Waals surface area contributed by atoms with Crippen molar-refractivity contribution in [3.05, 3.63) is 29.3 Å². The largest absolute Gasteiger partial charge is 0.367 e. The van der Waals surface area contributed by atoms with Gasteiger partial charge in [0.1, 0.15) is 0 Å². The molecule has 1 saturated heterocycles. The molecule has 0 radical (unpaired) electrons. The average molecular weight is 292 g/mol. The van der Waals surface area contributed by atoms with E-state index in [1.807, 2.05) is 29.2 Å². The van der Waals surface area contributed by atoms with Crippen molar-refractivity contribution in [3.8, 4) is 12.3 Å². The number of hydrogen-bond donors (Lipinski definition) is 1. The third-order valence-corrected chi connectivity index (χ3v) is 3.65. The Balaban J connectivity index is 1.85. The van der Waals surface area contributed by atoms with Crippen molar-refractivity contribution in [1.82, 2.24) is 10.2 Å². The molecule has 1 aromatic carbocycles. The first-order valence-electron chi connectivity index (χ1n) is 6.64. The van der Waals surface area contributed by atoms with Crippen molar-refractivity contribution >= 4 is 23.2 Å². The van der Waals surface area contributed by atoms with Gasteiger partial charge in [-0.2, -0.15) is 0 Å². The predicted molar refractivity (Wildman–Crippen MR) is 81.9 cm³/mol. The second-order valence-electron chi connectivity index (χ2n) is 4.63. The van der Waals surface area contributed by atoms with Crippen LogP contribution in [0.25, 0.3) is 0 Å². The highest BCUT2D eigenvalue weighted by atomic mass is 35.5. The maximum atomic E-state index is 11.9. The van der Waals surface area contributed by atoms with E-state index in [4.69, 9.17) is 18.0 Å². The normalized spacial score (nSPS) is 15.0. The smallest absolute Gasteiger partial charge is 0.236 e. The van der Waals surface area contributed by atoms with Crippen LogP contribution in [-0.2, 0) is 4.79 Å². The second-order valence-corrected chi connectivity index (χ2v) is 5.03. The fourth-order valence-corrected chi connectivity index (χ4v) is 2.51. The Morgan fingerprint density at radius 3 is 2.65 bits per heavy atom. The minimum Gasteiger partial charge on any atom is -0.367 e. The van der Waals surface area contributed by atoms with Crippen LogP contribution in [0.4, 0.5) is 5.69 Å². The molecule has 1 amide bonds. The lowest BCUT2D eigenvalue weighted by molar-refractivity contribution is -0.130. The number of terminal acetylenes is 1. The summed E-state index contributed by atoms with van der Waals surface area (Å²) in [6.07, 6.45) is 5.13. The van der Waals surface area contributed by atoms with Gasteiger partial charge >= 0.3 is 0 Å². The number of carbonyl (C=O) groups is 1. The summed E-state index contributed by atoms with van der Waals surface area (Å²) >= 11 is 6.19. The molecular formula is C15H18ClN3O. The van der Waals surface area contributed by atoms with Crippen LogP contribution in [-0.4, -0.2) is 50.1 Å². The summed E-state index contributed by atoms with van der Waals surface area (Å²) in [5.74, 6) is 2.55. The third kappa shape index (κ3) is 3.66. The quantitative estimate of drug-likeness (QED) is 0.669. The average Bonchev–Trinajstić information content (AvgIpc) is 2.48. The van der Waals surface area contributed by atoms with Crippen LogP contribution in [0.3, 0.4) is 0 Å². The molecule has 0 aromatic heterocycles. The minimum absolute atomic E-state index is 0.0964. The minimum atomic E-state index is 0.0964. The standard InChI is InChI=1S/C15H18ClN3O/c1-2-7-17-12-15(20)19-10-8-18(9-11-19)14-6-4-3-5-13(14)16/h1,3-6,17H,7-12H2. The molecule has 1 N–H and O–H groups in total. The molecule has 1 aromatic rings. The van der Waals surface area contributed by atoms with Crippen molar-refractivity contribution in [3.63, 3.8) is 0 Å². The van der Waals surface area contributed by atoms with Gasteiger partial charge in [0.2, 0.25) is 5.91 Å². The first-order valence-corrected chi connectivity index (χ1v) is 7.01. The number of rotatable bonds is 4. The molecule has 1 aliphatic rings. The monoisotopic (exact) mass is 291 g/mol. The SMILES string of the molecule is C#CCNCC(=O)N1CCN(c2ccccc2Cl)CC1. The first kappa shape index (κ1) is 14.7. The molecule has 0 unspecified atom stereocenters. The van der Waals surface area contributed by atoms with Crippen LogP contribution in [0, 0.1) is 12.3 Å². The highest BCUT2D eigenvalue weighted by Gasteiger charge is 2.21. The molecule has 1 aliphatic heterocycles. The van der Waals surface area contributed by atoms with Crippen LogP contribution in [0.15, 0.2) is 24.3 Å². The number of amides is 1. The van der Waals surface area contributed by atoms with Gasteiger partial charge in [-0.05, 0) is 12.1 Å². The van der Waals surface area contributed by atoms with Gasteiger partial charge in [-0.1, -0.05) is 29.7 Å². The summed E-state index contributed by atoms with van der Waals surface area (Å²) in [5.41, 5.74) is 1.03. The molecule has 2 rings (SSSR count). The predicted octanol–water partition coefficient (Wildman–Crippen LogP) is 1.21. The van der Waals surface area contributed by atoms with E-state index < -0.39 is 0 Å². The molecule has 0 atom stereocenters. The van der Waals surface area contributed by atoms with Gasteiger partial charge in [-0.15, -0.1) is 6.42 Å². The van der Waals surface area contributed by atoms with E-state index in [0.29, 0.717) is 26.2 Å². The van der Waals surface area contributed by atoms with Crippen molar-refractivity contribution in [2.45, 2.75) is 0 Å². The summed E-state index contributed by atoms with van der Waals surface area (Å²) in [6, 6.07) is 7.79. The zero-order valence-corrected chi connectivity index (χ0v) is 12.1. The van der Waals surface area contributed by atoms with Gasteiger partial charge in [0, 0.05) is 26.2 Å². The number of carbonyl (C=O) groups excluding carboxylic acids is 1. The van der Waals surface area contributed by atoms with E-state index in [1.165, 1.54) is 0 Å². The fraction of sp³-hybridized carbons (Fsp3) is 0.400. The number of nitrogens with zero attached hydrogens (tertiary/aromatic N) is 2. The van der Waals surface area contributed by atoms with Crippen LogP contribution in [0.1, 0.15) is 0 Å². The molecule has 1 fully saturated rings. The zero-order chi connectivity index (χ0) is 14.4. The Morgan fingerprint density at radius 2 is 2.00 bits per heavy atom. The van der Waals surface area contributed by atoms with Gasteiger partial charge in [-0.3, -0.25) is 10.1 Å². The summed E-state index contributed by atoms with van der Waals surface area (Å²) < 4.78 is 0. The van der Waals surface area contributed by atoms with Gasteiger partial charge < -0.3 is 9.80 Å². The summed E-state index contributed by atoms with van der Waals surface area (Å²) in [7, 11) is 0. The maximum absolute atomic E-state index is 11.9. The van der Waals surface area contributed by atoms with Gasteiger partial charge in [0.05, 0.1) is 23.8 Å². The highest BCUT2D eigenvalue weighted by molar-refractivity contribution is 6.33. The highest BCUT2D eigenvalue weighted by Crippen LogP contribution is 2.25. The Labute approximate surface area is 124 Å². The fourth-order valence-electron chi connectivity index (χ4n) is 2.26. The zero-order valence-electron chi connectivity index (χ0n) is 11.3. The molecule has 20 heavy (non-hydrogen) atoms. The number of nitrogens with one attached hydrogen (secondary N) is 1. The molecule has 1 heterocycles. The van der Waals surface area contributed by atoms with Crippen LogP contribution in [0.5, 0.6) is 0 Å². The van der Waals surface area contributed by atoms with Crippen molar-refractivity contribution in [2.24, 2.45) is 0 Å². The second kappa shape index (κ2) is 7.18. The van der Waals surface area contributed by atoms with Crippen LogP contribution < -0.4 is 10.2 Å². The number of hydrogen-bond acceptors (Lipinski definition) is 3. The summed E-state index contributed by atoms with van der Waals surface area (Å²) in [6.45, 7) is 3.74. The van der Waals surface area contributed by atoms with Gasteiger partial charge in [0.25, 0.3) is 0 Å². The van der Waals surface area contributed by atoms with E-state index in [-0.39, 0.29) is 5.91 Å². The van der Waals surface area contributed by atoms with Crippen molar-refractivity contribution in [2.75, 3.05) is 44.2 Å². The molecule has 4 nitrogen and oxygen atoms in total. The lowest BCUT2D eigenvalue weighted by Gasteiger charge is -2.36. The number of piperazine rings is 1. The van der Waals surface area contributed by atoms with Crippen molar-refractivity contribution in [1.29, 1.82) is 0 Å². The van der Waals surface area contributed by atoms with Gasteiger partial charge in [-0.25, -0.2) is 0 Å². The number of anilines is 1.